The van der Waals surface area contributed by atoms with Crippen molar-refractivity contribution >= 4 is 27.8 Å². The van der Waals surface area contributed by atoms with Crippen LogP contribution in [0.4, 0.5) is 0 Å². The highest BCUT2D eigenvalue weighted by molar-refractivity contribution is 7.89. The van der Waals surface area contributed by atoms with Gasteiger partial charge in [-0.3, -0.25) is 9.59 Å². The van der Waals surface area contributed by atoms with Crippen LogP contribution in [0.5, 0.6) is 11.5 Å². The Labute approximate surface area is 226 Å². The molecule has 1 aliphatic rings. The first kappa shape index (κ1) is 27.8. The van der Waals surface area contributed by atoms with Crippen molar-refractivity contribution in [2.24, 2.45) is 0 Å². The van der Waals surface area contributed by atoms with E-state index in [1.54, 1.807) is 54.6 Å². The third-order valence-corrected chi connectivity index (χ3v) is 8.23. The van der Waals surface area contributed by atoms with Crippen LogP contribution in [0.3, 0.4) is 0 Å². The van der Waals surface area contributed by atoms with Gasteiger partial charge >= 0.3 is 5.97 Å². The lowest BCUT2D eigenvalue weighted by Gasteiger charge is -2.34. The van der Waals surface area contributed by atoms with Crippen molar-refractivity contribution in [3.63, 3.8) is 0 Å². The molecular formula is C28H29N3O7S. The molecule has 10 nitrogen and oxygen atoms in total. The molecule has 4 rings (SSSR count). The lowest BCUT2D eigenvalue weighted by Crippen LogP contribution is -2.50. The largest absolute Gasteiger partial charge is 0.480 e. The molecule has 3 aromatic rings. The highest BCUT2D eigenvalue weighted by Gasteiger charge is 2.31. The van der Waals surface area contributed by atoms with E-state index in [9.17, 15) is 27.9 Å². The molecule has 1 aliphatic heterocycles. The van der Waals surface area contributed by atoms with Gasteiger partial charge in [0.05, 0.1) is 4.90 Å². The van der Waals surface area contributed by atoms with Gasteiger partial charge in [0.15, 0.2) is 0 Å². The lowest BCUT2D eigenvalue weighted by atomic mass is 10.1. The molecule has 0 bridgehead atoms. The fourth-order valence-electron chi connectivity index (χ4n) is 4.15. The third kappa shape index (κ3) is 7.21. The second kappa shape index (κ2) is 12.5. The zero-order valence-corrected chi connectivity index (χ0v) is 21.9. The average molecular weight is 552 g/mol. The first-order valence-electron chi connectivity index (χ1n) is 12.4. The summed E-state index contributed by atoms with van der Waals surface area (Å²) in [6.45, 7) is 0.593. The van der Waals surface area contributed by atoms with Gasteiger partial charge in [-0.1, -0.05) is 36.4 Å². The fourth-order valence-corrected chi connectivity index (χ4v) is 5.57. The molecular weight excluding hydrogens is 522 g/mol. The van der Waals surface area contributed by atoms with Crippen LogP contribution in [0.1, 0.15) is 23.2 Å². The standard InChI is InChI=1S/C28H29N3O7S/c32-26(16-15-25(28(34)35)29-27(33)21-7-3-1-4-8-21)30-17-19-31(20-18-30)39(36,37)24-13-11-23(12-14-24)38-22-9-5-2-6-10-22/h1-14,25H,15-20H2,(H,29,33)(H,34,35)/t25-/m0/s1. The number of piperazine rings is 1. The number of amides is 2. The number of carbonyl (C=O) groups excluding carboxylic acids is 2. The summed E-state index contributed by atoms with van der Waals surface area (Å²) in [5, 5.41) is 11.9. The molecule has 39 heavy (non-hydrogen) atoms. The molecule has 204 valence electrons. The van der Waals surface area contributed by atoms with Crippen LogP contribution in [0, 0.1) is 0 Å². The molecule has 0 radical (unpaired) electrons. The highest BCUT2D eigenvalue weighted by atomic mass is 32.2. The van der Waals surface area contributed by atoms with Crippen LogP contribution < -0.4 is 10.1 Å². The zero-order valence-electron chi connectivity index (χ0n) is 21.1. The summed E-state index contributed by atoms with van der Waals surface area (Å²) in [6.07, 6.45) is -0.176. The van der Waals surface area contributed by atoms with E-state index in [-0.39, 0.29) is 49.8 Å². The van der Waals surface area contributed by atoms with E-state index in [2.05, 4.69) is 5.32 Å². The van der Waals surface area contributed by atoms with Crippen molar-refractivity contribution in [1.29, 1.82) is 0 Å². The second-order valence-electron chi connectivity index (χ2n) is 8.94. The predicted molar refractivity (Wildman–Crippen MR) is 143 cm³/mol. The number of aliphatic carboxylic acids is 1. The van der Waals surface area contributed by atoms with Crippen LogP contribution in [0.2, 0.25) is 0 Å². The van der Waals surface area contributed by atoms with Gasteiger partial charge in [0.2, 0.25) is 15.9 Å². The number of hydrogen-bond donors (Lipinski definition) is 2. The van der Waals surface area contributed by atoms with Crippen molar-refractivity contribution in [2.75, 3.05) is 26.2 Å². The zero-order chi connectivity index (χ0) is 27.8. The molecule has 11 heteroatoms. The molecule has 3 aromatic carbocycles. The second-order valence-corrected chi connectivity index (χ2v) is 10.9. The first-order valence-corrected chi connectivity index (χ1v) is 13.9. The Balaban J connectivity index is 1.28. The third-order valence-electron chi connectivity index (χ3n) is 6.32. The van der Waals surface area contributed by atoms with Gasteiger partial charge in [-0.2, -0.15) is 4.31 Å². The minimum absolute atomic E-state index is 0.0807. The number of sulfonamides is 1. The smallest absolute Gasteiger partial charge is 0.326 e. The Morgan fingerprint density at radius 2 is 1.38 bits per heavy atom. The van der Waals surface area contributed by atoms with E-state index in [0.29, 0.717) is 17.1 Å². The van der Waals surface area contributed by atoms with E-state index < -0.39 is 27.9 Å². The topological polar surface area (TPSA) is 133 Å². The summed E-state index contributed by atoms with van der Waals surface area (Å²) >= 11 is 0. The Morgan fingerprint density at radius 3 is 1.97 bits per heavy atom. The monoisotopic (exact) mass is 551 g/mol. The van der Waals surface area contributed by atoms with Gasteiger partial charge in [-0.25, -0.2) is 13.2 Å². The summed E-state index contributed by atoms with van der Waals surface area (Å²) < 4.78 is 33.3. The molecule has 0 aliphatic carbocycles. The molecule has 1 fully saturated rings. The Morgan fingerprint density at radius 1 is 0.821 bits per heavy atom. The summed E-state index contributed by atoms with van der Waals surface area (Å²) in [5.41, 5.74) is 0.325. The van der Waals surface area contributed by atoms with Gasteiger partial charge in [-0.15, -0.1) is 0 Å². The summed E-state index contributed by atoms with van der Waals surface area (Å²) in [6, 6.07) is 22.3. The Bertz CT molecular complexity index is 1390. The number of carboxylic acid groups (broad SMARTS) is 1. The molecule has 1 saturated heterocycles. The van der Waals surface area contributed by atoms with Gasteiger partial charge in [0.1, 0.15) is 17.5 Å². The molecule has 0 aromatic heterocycles. The van der Waals surface area contributed by atoms with Crippen LogP contribution in [-0.2, 0) is 19.6 Å². The fraction of sp³-hybridized carbons (Fsp3) is 0.250. The molecule has 0 spiro atoms. The van der Waals surface area contributed by atoms with E-state index in [0.717, 1.165) is 0 Å². The number of benzene rings is 3. The Hall–Kier alpha value is -4.22. The number of carbonyl (C=O) groups is 3. The lowest BCUT2D eigenvalue weighted by molar-refractivity contribution is -0.139. The van der Waals surface area contributed by atoms with Crippen LogP contribution in [0.25, 0.3) is 0 Å². The summed E-state index contributed by atoms with van der Waals surface area (Å²) in [4.78, 5) is 38.3. The van der Waals surface area contributed by atoms with Crippen molar-refractivity contribution in [3.8, 4) is 11.5 Å². The van der Waals surface area contributed by atoms with E-state index in [1.165, 1.54) is 21.3 Å². The van der Waals surface area contributed by atoms with Crippen LogP contribution in [0.15, 0.2) is 89.8 Å². The van der Waals surface area contributed by atoms with Gasteiger partial charge < -0.3 is 20.1 Å². The average Bonchev–Trinajstić information content (AvgIpc) is 2.96. The maximum Gasteiger partial charge on any atom is 0.326 e. The maximum absolute atomic E-state index is 13.1. The normalized spacial score (nSPS) is 14.8. The number of carboxylic acids is 1. The molecule has 1 heterocycles. The van der Waals surface area contributed by atoms with E-state index in [4.69, 9.17) is 4.74 Å². The minimum Gasteiger partial charge on any atom is -0.480 e. The molecule has 1 atom stereocenters. The molecule has 0 saturated carbocycles. The predicted octanol–water partition coefficient (Wildman–Crippen LogP) is 2.98. The van der Waals surface area contributed by atoms with Crippen molar-refractivity contribution in [3.05, 3.63) is 90.5 Å². The maximum atomic E-state index is 13.1. The summed E-state index contributed by atoms with van der Waals surface area (Å²) in [7, 11) is -3.76. The number of nitrogens with zero attached hydrogens (tertiary/aromatic N) is 2. The van der Waals surface area contributed by atoms with Gasteiger partial charge in [0, 0.05) is 38.2 Å². The van der Waals surface area contributed by atoms with Crippen LogP contribution in [-0.4, -0.2) is 72.7 Å². The summed E-state index contributed by atoms with van der Waals surface area (Å²) in [5.74, 6) is -0.913. The minimum atomic E-state index is -3.76. The van der Waals surface area contributed by atoms with Crippen molar-refractivity contribution < 1.29 is 32.6 Å². The number of ether oxygens (including phenoxy) is 1. The van der Waals surface area contributed by atoms with Crippen molar-refractivity contribution in [1.82, 2.24) is 14.5 Å². The quantitative estimate of drug-likeness (QED) is 0.396. The highest BCUT2D eigenvalue weighted by Crippen LogP contribution is 2.24. The first-order chi connectivity index (χ1) is 18.7. The number of rotatable bonds is 10. The van der Waals surface area contributed by atoms with Gasteiger partial charge in [0.25, 0.3) is 5.91 Å². The molecule has 2 amide bonds. The van der Waals surface area contributed by atoms with Crippen molar-refractivity contribution in [2.45, 2.75) is 23.8 Å². The number of para-hydroxylation sites is 1. The van der Waals surface area contributed by atoms with E-state index >= 15 is 0 Å². The Kier molecular flexibility index (Phi) is 8.95. The SMILES string of the molecule is O=C(N[C@@H](CCC(=O)N1CCN(S(=O)(=O)c2ccc(Oc3ccccc3)cc2)CC1)C(=O)O)c1ccccc1. The van der Waals surface area contributed by atoms with Gasteiger partial charge in [-0.05, 0) is 55.0 Å². The van der Waals surface area contributed by atoms with E-state index in [1.807, 2.05) is 18.2 Å². The van der Waals surface area contributed by atoms with Crippen LogP contribution >= 0.6 is 0 Å². The number of nitrogens with one attached hydrogen (secondary N) is 1. The molecule has 0 unspecified atom stereocenters. The number of hydrogen-bond acceptors (Lipinski definition) is 6. The molecule has 2 N–H and O–H groups in total.